The van der Waals surface area contributed by atoms with E-state index >= 15 is 0 Å². The van der Waals surface area contributed by atoms with Crippen LogP contribution in [0, 0.1) is 11.6 Å². The van der Waals surface area contributed by atoms with Crippen LogP contribution < -0.4 is 4.74 Å². The fourth-order valence-electron chi connectivity index (χ4n) is 2.92. The highest BCUT2D eigenvalue weighted by Gasteiger charge is 2.20. The van der Waals surface area contributed by atoms with Crippen LogP contribution in [0.15, 0.2) is 36.4 Å². The lowest BCUT2D eigenvalue weighted by Crippen LogP contribution is -2.25. The molecule has 0 fully saturated rings. The van der Waals surface area contributed by atoms with E-state index in [2.05, 4.69) is 0 Å². The molecule has 1 atom stereocenters. The number of ether oxygens (including phenoxy) is 2. The van der Waals surface area contributed by atoms with Gasteiger partial charge in [0.25, 0.3) is 0 Å². The number of rotatable bonds is 6. The van der Waals surface area contributed by atoms with Crippen molar-refractivity contribution in [2.45, 2.75) is 32.0 Å². The molecule has 0 bridgehead atoms. The number of carboxylic acid groups (broad SMARTS) is 1. The van der Waals surface area contributed by atoms with Gasteiger partial charge in [0.1, 0.15) is 19.0 Å². The Hall–Kier alpha value is -2.47. The third-order valence-corrected chi connectivity index (χ3v) is 4.19. The lowest BCUT2D eigenvalue weighted by atomic mass is 9.89. The number of hydrogen-bond acceptors (Lipinski definition) is 3. The molecule has 1 aliphatic carbocycles. The summed E-state index contributed by atoms with van der Waals surface area (Å²) < 4.78 is 37.1. The second-order valence-corrected chi connectivity index (χ2v) is 6.04. The fraction of sp³-hybridized carbons (Fsp3) is 0.316. The van der Waals surface area contributed by atoms with Gasteiger partial charge in [-0.15, -0.1) is 0 Å². The summed E-state index contributed by atoms with van der Waals surface area (Å²) in [6, 6.07) is 9.38. The second-order valence-electron chi connectivity index (χ2n) is 6.04. The van der Waals surface area contributed by atoms with Gasteiger partial charge < -0.3 is 14.6 Å². The number of hydrogen-bond donors (Lipinski definition) is 1. The maximum atomic E-state index is 13.2. The molecule has 1 N–H and O–H groups in total. The van der Waals surface area contributed by atoms with E-state index in [1.54, 1.807) is 0 Å². The predicted octanol–water partition coefficient (Wildman–Crippen LogP) is 3.50. The van der Waals surface area contributed by atoms with E-state index in [0.29, 0.717) is 17.7 Å². The summed E-state index contributed by atoms with van der Waals surface area (Å²) in [5.41, 5.74) is 2.80. The molecule has 3 rings (SSSR count). The van der Waals surface area contributed by atoms with Gasteiger partial charge in [-0.25, -0.2) is 13.6 Å². The van der Waals surface area contributed by atoms with Crippen LogP contribution in [0.1, 0.15) is 23.1 Å². The van der Waals surface area contributed by atoms with E-state index in [9.17, 15) is 13.6 Å². The third kappa shape index (κ3) is 4.54. The molecule has 2 aromatic rings. The minimum absolute atomic E-state index is 0.0856. The molecule has 0 radical (unpaired) electrons. The maximum Gasteiger partial charge on any atom is 0.329 e. The highest BCUT2D eigenvalue weighted by atomic mass is 19.2. The van der Waals surface area contributed by atoms with Crippen molar-refractivity contribution in [3.05, 3.63) is 64.7 Å². The highest BCUT2D eigenvalue weighted by Crippen LogP contribution is 2.27. The molecule has 0 saturated carbocycles. The number of halogens is 2. The van der Waals surface area contributed by atoms with E-state index in [1.807, 2.05) is 18.2 Å². The Morgan fingerprint density at radius 3 is 2.72 bits per heavy atom. The molecule has 0 saturated heterocycles. The largest absolute Gasteiger partial charge is 0.489 e. The number of aliphatic carboxylic acids is 1. The number of carboxylic acids is 1. The van der Waals surface area contributed by atoms with Crippen molar-refractivity contribution in [1.29, 1.82) is 0 Å². The molecule has 4 nitrogen and oxygen atoms in total. The number of carbonyl (C=O) groups is 1. The number of benzene rings is 2. The lowest BCUT2D eigenvalue weighted by molar-refractivity contribution is -0.144. The molecule has 132 valence electrons. The minimum atomic E-state index is -0.966. The highest BCUT2D eigenvalue weighted by molar-refractivity contribution is 5.68. The van der Waals surface area contributed by atoms with Crippen molar-refractivity contribution >= 4 is 5.97 Å². The standard InChI is InChI=1S/C19H18F2O4/c20-17-6-1-12(7-18(17)21)10-24-15-4-2-14-9-16(25-11-19(22)23)5-3-13(14)8-15/h1-2,4,6-8,16H,3,5,9-11H2,(H,22,23). The summed E-state index contributed by atoms with van der Waals surface area (Å²) in [4.78, 5) is 10.6. The van der Waals surface area contributed by atoms with E-state index < -0.39 is 17.6 Å². The average Bonchev–Trinajstić information content (AvgIpc) is 2.60. The smallest absolute Gasteiger partial charge is 0.329 e. The molecule has 2 aromatic carbocycles. The normalized spacial score (nSPS) is 16.3. The molecular weight excluding hydrogens is 330 g/mol. The Kier molecular flexibility index (Phi) is 5.28. The topological polar surface area (TPSA) is 55.8 Å². The first kappa shape index (κ1) is 17.4. The van der Waals surface area contributed by atoms with E-state index in [-0.39, 0.29) is 19.3 Å². The van der Waals surface area contributed by atoms with Gasteiger partial charge >= 0.3 is 5.97 Å². The van der Waals surface area contributed by atoms with E-state index in [0.717, 1.165) is 36.1 Å². The summed E-state index contributed by atoms with van der Waals surface area (Å²) in [6.45, 7) is -0.129. The Morgan fingerprint density at radius 1 is 1.12 bits per heavy atom. The van der Waals surface area contributed by atoms with Gasteiger partial charge in [-0.2, -0.15) is 0 Å². The predicted molar refractivity (Wildman–Crippen MR) is 86.5 cm³/mol. The summed E-state index contributed by atoms with van der Waals surface area (Å²) in [6.07, 6.45) is 2.12. The first-order valence-electron chi connectivity index (χ1n) is 8.03. The van der Waals surface area contributed by atoms with Gasteiger partial charge in [0.05, 0.1) is 6.10 Å². The van der Waals surface area contributed by atoms with Crippen molar-refractivity contribution in [2.75, 3.05) is 6.61 Å². The van der Waals surface area contributed by atoms with E-state index in [1.165, 1.54) is 6.07 Å². The molecule has 6 heteroatoms. The zero-order valence-corrected chi connectivity index (χ0v) is 13.5. The Morgan fingerprint density at radius 2 is 1.96 bits per heavy atom. The van der Waals surface area contributed by atoms with Crippen LogP contribution in [0.3, 0.4) is 0 Å². The van der Waals surface area contributed by atoms with Crippen molar-refractivity contribution in [3.63, 3.8) is 0 Å². The van der Waals surface area contributed by atoms with Gasteiger partial charge in [-0.1, -0.05) is 12.1 Å². The first-order chi connectivity index (χ1) is 12.0. The molecule has 0 heterocycles. The van der Waals surface area contributed by atoms with Gasteiger partial charge in [0, 0.05) is 0 Å². The van der Waals surface area contributed by atoms with Gasteiger partial charge in [0.15, 0.2) is 11.6 Å². The SMILES string of the molecule is O=C(O)COC1CCc2cc(OCc3ccc(F)c(F)c3)ccc2C1. The van der Waals surface area contributed by atoms with Gasteiger partial charge in [0.2, 0.25) is 0 Å². The lowest BCUT2D eigenvalue weighted by Gasteiger charge is -2.24. The molecule has 1 aliphatic rings. The summed E-state index contributed by atoms with van der Waals surface area (Å²) in [7, 11) is 0. The van der Waals surface area contributed by atoms with Crippen LogP contribution in [-0.2, 0) is 29.0 Å². The Bertz CT molecular complexity index is 776. The number of fused-ring (bicyclic) bond motifs is 1. The summed E-state index contributed by atoms with van der Waals surface area (Å²) in [5.74, 6) is -2.07. The molecule has 25 heavy (non-hydrogen) atoms. The van der Waals surface area contributed by atoms with Crippen LogP contribution in [0.5, 0.6) is 5.75 Å². The zero-order chi connectivity index (χ0) is 17.8. The zero-order valence-electron chi connectivity index (χ0n) is 13.5. The van der Waals surface area contributed by atoms with Gasteiger partial charge in [-0.3, -0.25) is 0 Å². The molecule has 1 unspecified atom stereocenters. The van der Waals surface area contributed by atoms with Crippen LogP contribution >= 0.6 is 0 Å². The second kappa shape index (κ2) is 7.61. The fourth-order valence-corrected chi connectivity index (χ4v) is 2.92. The molecule has 0 aliphatic heterocycles. The maximum absolute atomic E-state index is 13.2. The average molecular weight is 348 g/mol. The molecular formula is C19H18F2O4. The van der Waals surface area contributed by atoms with Gasteiger partial charge in [-0.05, 0) is 60.2 Å². The third-order valence-electron chi connectivity index (χ3n) is 4.19. The molecule has 0 spiro atoms. The molecule has 0 amide bonds. The first-order valence-corrected chi connectivity index (χ1v) is 8.03. The monoisotopic (exact) mass is 348 g/mol. The molecule has 0 aromatic heterocycles. The minimum Gasteiger partial charge on any atom is -0.489 e. The van der Waals surface area contributed by atoms with Crippen LogP contribution in [-0.4, -0.2) is 23.8 Å². The van der Waals surface area contributed by atoms with Crippen LogP contribution in [0.2, 0.25) is 0 Å². The van der Waals surface area contributed by atoms with Crippen molar-refractivity contribution in [1.82, 2.24) is 0 Å². The Balaban J connectivity index is 1.60. The van der Waals surface area contributed by atoms with E-state index in [4.69, 9.17) is 14.6 Å². The summed E-state index contributed by atoms with van der Waals surface area (Å²) in [5, 5.41) is 8.68. The van der Waals surface area contributed by atoms with Crippen molar-refractivity contribution < 1.29 is 28.2 Å². The van der Waals surface area contributed by atoms with Crippen molar-refractivity contribution in [2.24, 2.45) is 0 Å². The Labute approximate surface area is 144 Å². The quantitative estimate of drug-likeness (QED) is 0.868. The van der Waals surface area contributed by atoms with Crippen molar-refractivity contribution in [3.8, 4) is 5.75 Å². The number of aryl methyl sites for hydroxylation is 1. The summed E-state index contributed by atoms with van der Waals surface area (Å²) >= 11 is 0. The van der Waals surface area contributed by atoms with Crippen LogP contribution in [0.25, 0.3) is 0 Å². The van der Waals surface area contributed by atoms with Crippen LogP contribution in [0.4, 0.5) is 8.78 Å².